The Morgan fingerprint density at radius 1 is 1.35 bits per heavy atom. The molecule has 0 aromatic heterocycles. The topological polar surface area (TPSA) is 66.4 Å². The fourth-order valence-corrected chi connectivity index (χ4v) is 2.01. The fraction of sp³-hybridized carbons (Fsp3) is 0.385. The summed E-state index contributed by atoms with van der Waals surface area (Å²) in [5.41, 5.74) is 0.825. The molecular formula is C13H15NO3. The number of carbonyl (C=O) groups excluding carboxylic acids is 2. The molecule has 0 radical (unpaired) electrons. The largest absolute Gasteiger partial charge is 0.508 e. The van der Waals surface area contributed by atoms with E-state index in [4.69, 9.17) is 5.11 Å². The van der Waals surface area contributed by atoms with Gasteiger partial charge in [-0.25, -0.2) is 0 Å². The molecule has 0 bridgehead atoms. The Kier molecular flexibility index (Phi) is 3.42. The van der Waals surface area contributed by atoms with Crippen LogP contribution in [0.3, 0.4) is 0 Å². The van der Waals surface area contributed by atoms with Crippen LogP contribution in [-0.2, 0) is 16.0 Å². The highest BCUT2D eigenvalue weighted by Crippen LogP contribution is 2.15. The van der Waals surface area contributed by atoms with Gasteiger partial charge in [0.15, 0.2) is 5.78 Å². The molecule has 1 aromatic carbocycles. The Hall–Kier alpha value is -1.84. The number of aromatic hydroxyl groups is 1. The molecule has 4 heteroatoms. The first-order valence-corrected chi connectivity index (χ1v) is 5.75. The van der Waals surface area contributed by atoms with Crippen molar-refractivity contribution in [3.05, 3.63) is 29.8 Å². The van der Waals surface area contributed by atoms with Gasteiger partial charge in [-0.2, -0.15) is 0 Å². The maximum Gasteiger partial charge on any atom is 0.224 e. The summed E-state index contributed by atoms with van der Waals surface area (Å²) in [6.45, 7) is 0. The third kappa shape index (κ3) is 3.06. The molecule has 0 aliphatic heterocycles. The molecule has 1 fully saturated rings. The molecule has 2 N–H and O–H groups in total. The lowest BCUT2D eigenvalue weighted by Gasteiger charge is -2.10. The lowest BCUT2D eigenvalue weighted by atomic mass is 10.1. The van der Waals surface area contributed by atoms with Gasteiger partial charge in [0.1, 0.15) is 5.75 Å². The Balaban J connectivity index is 1.88. The molecule has 1 saturated carbocycles. The first kappa shape index (κ1) is 11.6. The number of Topliss-reactive ketones (excluding diaryl/α,β-unsaturated/α-hetero) is 1. The predicted octanol–water partition coefficient (Wildman–Crippen LogP) is 1.17. The van der Waals surface area contributed by atoms with Crippen molar-refractivity contribution in [2.45, 2.75) is 31.7 Å². The number of amides is 1. The average molecular weight is 233 g/mol. The zero-order valence-corrected chi connectivity index (χ0v) is 9.48. The van der Waals surface area contributed by atoms with Gasteiger partial charge in [0.2, 0.25) is 5.91 Å². The number of hydrogen-bond donors (Lipinski definition) is 2. The number of benzene rings is 1. The smallest absolute Gasteiger partial charge is 0.224 e. The average Bonchev–Trinajstić information content (AvgIpc) is 2.68. The van der Waals surface area contributed by atoms with Crippen LogP contribution in [0.1, 0.15) is 24.8 Å². The molecule has 90 valence electrons. The van der Waals surface area contributed by atoms with Gasteiger partial charge in [-0.05, 0) is 30.5 Å². The highest BCUT2D eigenvalue weighted by molar-refractivity contribution is 5.91. The summed E-state index contributed by atoms with van der Waals surface area (Å²) in [5.74, 6) is 0.167. The summed E-state index contributed by atoms with van der Waals surface area (Å²) in [4.78, 5) is 23.0. The second-order valence-corrected chi connectivity index (χ2v) is 4.32. The Labute approximate surface area is 99.6 Å². The molecule has 1 aliphatic rings. The molecule has 0 unspecified atom stereocenters. The fourth-order valence-electron chi connectivity index (χ4n) is 2.01. The summed E-state index contributed by atoms with van der Waals surface area (Å²) in [6, 6.07) is 6.20. The third-order valence-corrected chi connectivity index (χ3v) is 2.94. The zero-order valence-electron chi connectivity index (χ0n) is 9.48. The number of hydrogen-bond acceptors (Lipinski definition) is 3. The highest BCUT2D eigenvalue weighted by atomic mass is 16.3. The normalized spacial score (nSPS) is 19.3. The third-order valence-electron chi connectivity index (χ3n) is 2.94. The van der Waals surface area contributed by atoms with Crippen molar-refractivity contribution in [1.29, 1.82) is 0 Å². The van der Waals surface area contributed by atoms with E-state index in [2.05, 4.69) is 5.32 Å². The monoisotopic (exact) mass is 233 g/mol. The van der Waals surface area contributed by atoms with Gasteiger partial charge >= 0.3 is 0 Å². The Morgan fingerprint density at radius 3 is 2.65 bits per heavy atom. The van der Waals surface area contributed by atoms with Crippen LogP contribution in [0.25, 0.3) is 0 Å². The van der Waals surface area contributed by atoms with Gasteiger partial charge in [-0.1, -0.05) is 12.1 Å². The Bertz CT molecular complexity index is 425. The second-order valence-electron chi connectivity index (χ2n) is 4.32. The standard InChI is InChI=1S/C13H15NO3/c15-10-6-4-9(5-7-10)8-13(17)14-11-2-1-3-12(11)16/h4-7,11,15H,1-3,8H2,(H,14,17)/t11-/m1/s1. The van der Waals surface area contributed by atoms with Crippen LogP contribution in [0.15, 0.2) is 24.3 Å². The van der Waals surface area contributed by atoms with Gasteiger partial charge in [0, 0.05) is 6.42 Å². The minimum atomic E-state index is -0.292. The van der Waals surface area contributed by atoms with E-state index in [0.29, 0.717) is 6.42 Å². The lowest BCUT2D eigenvalue weighted by molar-refractivity contribution is -0.126. The van der Waals surface area contributed by atoms with E-state index in [0.717, 1.165) is 18.4 Å². The molecular weight excluding hydrogens is 218 g/mol. The van der Waals surface area contributed by atoms with Crippen LogP contribution in [0.2, 0.25) is 0 Å². The summed E-state index contributed by atoms with van der Waals surface area (Å²) in [6.07, 6.45) is 2.43. The summed E-state index contributed by atoms with van der Waals surface area (Å²) >= 11 is 0. The second kappa shape index (κ2) is 4.99. The molecule has 0 saturated heterocycles. The first-order valence-electron chi connectivity index (χ1n) is 5.75. The maximum atomic E-state index is 11.7. The molecule has 2 rings (SSSR count). The van der Waals surface area contributed by atoms with Gasteiger partial charge in [0.25, 0.3) is 0 Å². The highest BCUT2D eigenvalue weighted by Gasteiger charge is 2.25. The van der Waals surface area contributed by atoms with Gasteiger partial charge in [-0.15, -0.1) is 0 Å². The number of nitrogens with one attached hydrogen (secondary N) is 1. The summed E-state index contributed by atoms with van der Waals surface area (Å²) in [5, 5.41) is 11.9. The van der Waals surface area contributed by atoms with Gasteiger partial charge in [-0.3, -0.25) is 9.59 Å². The minimum absolute atomic E-state index is 0.129. The molecule has 1 aromatic rings. The van der Waals surface area contributed by atoms with Crippen molar-refractivity contribution in [3.8, 4) is 5.75 Å². The molecule has 1 aliphatic carbocycles. The summed E-state index contributed by atoms with van der Waals surface area (Å²) < 4.78 is 0. The molecule has 0 heterocycles. The first-order chi connectivity index (χ1) is 8.15. The zero-order chi connectivity index (χ0) is 12.3. The number of carbonyl (C=O) groups is 2. The molecule has 1 amide bonds. The number of phenolic OH excluding ortho intramolecular Hbond substituents is 1. The molecule has 4 nitrogen and oxygen atoms in total. The van der Waals surface area contributed by atoms with E-state index in [1.807, 2.05) is 0 Å². The molecule has 1 atom stereocenters. The van der Waals surface area contributed by atoms with E-state index in [1.165, 1.54) is 0 Å². The predicted molar refractivity (Wildman–Crippen MR) is 62.6 cm³/mol. The van der Waals surface area contributed by atoms with Crippen molar-refractivity contribution in [3.63, 3.8) is 0 Å². The van der Waals surface area contributed by atoms with E-state index < -0.39 is 0 Å². The van der Waals surface area contributed by atoms with Crippen LogP contribution >= 0.6 is 0 Å². The lowest BCUT2D eigenvalue weighted by Crippen LogP contribution is -2.38. The van der Waals surface area contributed by atoms with E-state index in [-0.39, 0.29) is 29.9 Å². The minimum Gasteiger partial charge on any atom is -0.508 e. The maximum absolute atomic E-state index is 11.7. The van der Waals surface area contributed by atoms with E-state index in [9.17, 15) is 9.59 Å². The number of phenols is 1. The van der Waals surface area contributed by atoms with Crippen LogP contribution in [0, 0.1) is 0 Å². The quantitative estimate of drug-likeness (QED) is 0.823. The van der Waals surface area contributed by atoms with Crippen LogP contribution in [0.5, 0.6) is 5.75 Å². The van der Waals surface area contributed by atoms with Crippen molar-refractivity contribution in [2.24, 2.45) is 0 Å². The van der Waals surface area contributed by atoms with Crippen molar-refractivity contribution in [2.75, 3.05) is 0 Å². The number of rotatable bonds is 3. The molecule has 0 spiro atoms. The van der Waals surface area contributed by atoms with Crippen molar-refractivity contribution >= 4 is 11.7 Å². The van der Waals surface area contributed by atoms with E-state index in [1.54, 1.807) is 24.3 Å². The van der Waals surface area contributed by atoms with Crippen LogP contribution < -0.4 is 5.32 Å². The number of ketones is 1. The van der Waals surface area contributed by atoms with Crippen LogP contribution in [-0.4, -0.2) is 22.8 Å². The van der Waals surface area contributed by atoms with Crippen LogP contribution in [0.4, 0.5) is 0 Å². The van der Waals surface area contributed by atoms with Crippen molar-refractivity contribution < 1.29 is 14.7 Å². The Morgan fingerprint density at radius 2 is 2.06 bits per heavy atom. The van der Waals surface area contributed by atoms with Gasteiger partial charge in [0.05, 0.1) is 12.5 Å². The van der Waals surface area contributed by atoms with Gasteiger partial charge < -0.3 is 10.4 Å². The van der Waals surface area contributed by atoms with E-state index >= 15 is 0 Å². The molecule has 17 heavy (non-hydrogen) atoms. The summed E-state index contributed by atoms with van der Waals surface area (Å²) in [7, 11) is 0. The SMILES string of the molecule is O=C(Cc1ccc(O)cc1)N[C@@H]1CCCC1=O. The van der Waals surface area contributed by atoms with Crippen molar-refractivity contribution in [1.82, 2.24) is 5.32 Å².